The first-order valence-corrected chi connectivity index (χ1v) is 4.49. The van der Waals surface area contributed by atoms with Gasteiger partial charge in [-0.3, -0.25) is 0 Å². The van der Waals surface area contributed by atoms with Crippen LogP contribution in [0, 0.1) is 0 Å². The summed E-state index contributed by atoms with van der Waals surface area (Å²) in [5.74, 6) is 7.89. The maximum absolute atomic E-state index is 7.89. The minimum atomic E-state index is 0. The molecule has 0 radical (unpaired) electrons. The molecule has 0 atom stereocenters. The van der Waals surface area contributed by atoms with Crippen LogP contribution in [0.4, 0.5) is 11.4 Å². The van der Waals surface area contributed by atoms with Gasteiger partial charge in [0, 0.05) is 11.4 Å². The summed E-state index contributed by atoms with van der Waals surface area (Å²) in [4.78, 5) is 0. The Morgan fingerprint density at radius 3 is 1.33 bits per heavy atom. The van der Waals surface area contributed by atoms with Crippen LogP contribution in [-0.2, 0) is 0 Å². The van der Waals surface area contributed by atoms with Gasteiger partial charge in [0.15, 0.2) is 0 Å². The summed E-state index contributed by atoms with van der Waals surface area (Å²) in [6.45, 7) is 0. The summed E-state index contributed by atoms with van der Waals surface area (Å²) in [5, 5.41) is 1.42. The largest absolute Gasteiger partial charge is 1.00 e. The number of benzene rings is 2. The Morgan fingerprint density at radius 2 is 1.00 bits per heavy atom. The Labute approximate surface area is 102 Å². The molecule has 0 amide bonds. The molecule has 2 aromatic rings. The molecule has 2 rings (SSSR count). The van der Waals surface area contributed by atoms with Crippen LogP contribution in [0.15, 0.2) is 60.7 Å². The topological polar surface area (TPSA) is 27.0 Å². The van der Waals surface area contributed by atoms with Gasteiger partial charge in [-0.05, 0) is 24.3 Å². The third-order valence-corrected chi connectivity index (χ3v) is 2.03. The summed E-state index contributed by atoms with van der Waals surface area (Å²) in [5.41, 5.74) is 1.75. The fraction of sp³-hybridized carbons (Fsp3) is 0. The van der Waals surface area contributed by atoms with Crippen molar-refractivity contribution in [1.82, 2.24) is 0 Å². The predicted octanol–water partition coefficient (Wildman–Crippen LogP) is 0.796. The molecule has 0 fully saturated rings. The molecule has 2 aromatic carbocycles. The quantitative estimate of drug-likeness (QED) is 0.508. The summed E-state index contributed by atoms with van der Waals surface area (Å²) in [6, 6.07) is 19.3. The van der Waals surface area contributed by atoms with Crippen LogP contribution in [0.1, 0.15) is 0 Å². The molecular formula is C12H11LiN2. The standard InChI is InChI=1S/C12H11N2.Li/c13-14(11-7-3-1-4-8-11)12-9-5-2-6-10-12;/h1-10,13H;/q-1;+1. The van der Waals surface area contributed by atoms with E-state index in [2.05, 4.69) is 0 Å². The van der Waals surface area contributed by atoms with E-state index in [0.717, 1.165) is 11.4 Å². The number of nitrogens with one attached hydrogen (secondary N) is 1. The van der Waals surface area contributed by atoms with Gasteiger partial charge in [-0.2, -0.15) is 0 Å². The third-order valence-electron chi connectivity index (χ3n) is 2.03. The molecule has 0 bridgehead atoms. The average molecular weight is 190 g/mol. The molecule has 0 heterocycles. The van der Waals surface area contributed by atoms with Gasteiger partial charge in [-0.15, -0.1) is 0 Å². The number of rotatable bonds is 2. The molecule has 0 aliphatic carbocycles. The molecular weight excluding hydrogens is 179 g/mol. The summed E-state index contributed by atoms with van der Waals surface area (Å²) < 4.78 is 0. The number of hydrogen-bond donors (Lipinski definition) is 0. The minimum Gasteiger partial charge on any atom is -0.578 e. The summed E-state index contributed by atoms with van der Waals surface area (Å²) in [6.07, 6.45) is 0. The van der Waals surface area contributed by atoms with Crippen molar-refractivity contribution in [2.45, 2.75) is 0 Å². The van der Waals surface area contributed by atoms with E-state index < -0.39 is 0 Å². The molecule has 2 nitrogen and oxygen atoms in total. The van der Waals surface area contributed by atoms with Crippen molar-refractivity contribution in [2.75, 3.05) is 5.01 Å². The number of anilines is 2. The van der Waals surface area contributed by atoms with E-state index >= 15 is 0 Å². The van der Waals surface area contributed by atoms with Crippen molar-refractivity contribution in [3.05, 3.63) is 66.5 Å². The van der Waals surface area contributed by atoms with E-state index in [1.165, 1.54) is 5.01 Å². The smallest absolute Gasteiger partial charge is 0.578 e. The van der Waals surface area contributed by atoms with Crippen LogP contribution < -0.4 is 23.9 Å². The molecule has 0 aromatic heterocycles. The molecule has 15 heavy (non-hydrogen) atoms. The second-order valence-corrected chi connectivity index (χ2v) is 3.01. The Bertz CT molecular complexity index is 349. The first-order chi connectivity index (χ1) is 6.88. The van der Waals surface area contributed by atoms with Gasteiger partial charge in [-0.25, -0.2) is 0 Å². The van der Waals surface area contributed by atoms with Gasteiger partial charge in [0.2, 0.25) is 0 Å². The number of nitrogens with zero attached hydrogens (tertiary/aromatic N) is 1. The van der Waals surface area contributed by atoms with Gasteiger partial charge in [0.25, 0.3) is 0 Å². The van der Waals surface area contributed by atoms with Crippen molar-refractivity contribution in [1.29, 1.82) is 0 Å². The van der Waals surface area contributed by atoms with Gasteiger partial charge >= 0.3 is 18.9 Å². The molecule has 70 valence electrons. The van der Waals surface area contributed by atoms with E-state index in [1.807, 2.05) is 60.7 Å². The minimum absolute atomic E-state index is 0. The van der Waals surface area contributed by atoms with Crippen molar-refractivity contribution in [3.8, 4) is 0 Å². The molecule has 0 aliphatic rings. The molecule has 0 spiro atoms. The number of para-hydroxylation sites is 2. The predicted molar refractivity (Wildman–Crippen MR) is 59.3 cm³/mol. The normalized spacial score (nSPS) is 9.13. The van der Waals surface area contributed by atoms with Crippen LogP contribution in [0.3, 0.4) is 0 Å². The van der Waals surface area contributed by atoms with E-state index in [0.29, 0.717) is 0 Å². The Hall–Kier alpha value is -1.20. The molecule has 0 saturated carbocycles. The van der Waals surface area contributed by atoms with Crippen molar-refractivity contribution < 1.29 is 18.9 Å². The van der Waals surface area contributed by atoms with Crippen LogP contribution in [0.25, 0.3) is 5.84 Å². The third kappa shape index (κ3) is 2.87. The van der Waals surface area contributed by atoms with Crippen LogP contribution in [0.2, 0.25) is 0 Å². The SMILES string of the molecule is [Li+].[NH-]N(c1ccccc1)c1ccccc1. The average Bonchev–Trinajstić information content (AvgIpc) is 2.30. The van der Waals surface area contributed by atoms with Gasteiger partial charge in [0.1, 0.15) is 0 Å². The monoisotopic (exact) mass is 190 g/mol. The maximum Gasteiger partial charge on any atom is 1.00 e. The Kier molecular flexibility index (Phi) is 4.45. The zero-order valence-electron chi connectivity index (χ0n) is 8.72. The zero-order chi connectivity index (χ0) is 9.80. The van der Waals surface area contributed by atoms with Crippen molar-refractivity contribution >= 4 is 11.4 Å². The summed E-state index contributed by atoms with van der Waals surface area (Å²) >= 11 is 0. The van der Waals surface area contributed by atoms with Gasteiger partial charge in [-0.1, -0.05) is 36.4 Å². The molecule has 0 aliphatic heterocycles. The fourth-order valence-electron chi connectivity index (χ4n) is 1.30. The first kappa shape index (κ1) is 11.9. The Balaban J connectivity index is 0.00000112. The maximum atomic E-state index is 7.89. The van der Waals surface area contributed by atoms with Gasteiger partial charge < -0.3 is 10.9 Å². The second-order valence-electron chi connectivity index (χ2n) is 3.01. The van der Waals surface area contributed by atoms with Crippen molar-refractivity contribution in [2.24, 2.45) is 0 Å². The molecule has 1 N–H and O–H groups in total. The van der Waals surface area contributed by atoms with E-state index in [1.54, 1.807) is 0 Å². The number of hydrogen-bond acceptors (Lipinski definition) is 1. The zero-order valence-corrected chi connectivity index (χ0v) is 8.72. The van der Waals surface area contributed by atoms with Crippen molar-refractivity contribution in [3.63, 3.8) is 0 Å². The first-order valence-electron chi connectivity index (χ1n) is 4.49. The van der Waals surface area contributed by atoms with E-state index in [9.17, 15) is 0 Å². The summed E-state index contributed by atoms with van der Waals surface area (Å²) in [7, 11) is 0. The molecule has 0 saturated heterocycles. The molecule has 0 unspecified atom stereocenters. The van der Waals surface area contributed by atoms with E-state index in [4.69, 9.17) is 5.84 Å². The van der Waals surface area contributed by atoms with Crippen LogP contribution in [0.5, 0.6) is 0 Å². The van der Waals surface area contributed by atoms with Crippen LogP contribution >= 0.6 is 0 Å². The second kappa shape index (κ2) is 5.62. The van der Waals surface area contributed by atoms with Crippen LogP contribution in [-0.4, -0.2) is 0 Å². The fourth-order valence-corrected chi connectivity index (χ4v) is 1.30. The van der Waals surface area contributed by atoms with Gasteiger partial charge in [0.05, 0.1) is 0 Å². The Morgan fingerprint density at radius 1 is 0.667 bits per heavy atom. The molecule has 3 heteroatoms. The van der Waals surface area contributed by atoms with E-state index in [-0.39, 0.29) is 18.9 Å².